The highest BCUT2D eigenvalue weighted by Gasteiger charge is 2.32. The summed E-state index contributed by atoms with van der Waals surface area (Å²) in [6.07, 6.45) is 2.66. The van der Waals surface area contributed by atoms with E-state index in [4.69, 9.17) is 4.74 Å². The second-order valence-electron chi connectivity index (χ2n) is 5.77. The number of rotatable bonds is 9. The topological polar surface area (TPSA) is 91.0 Å². The molecule has 1 amide bonds. The molecule has 1 aliphatic carbocycles. The van der Waals surface area contributed by atoms with Crippen molar-refractivity contribution in [2.75, 3.05) is 53.0 Å². The molecule has 0 atom stereocenters. The molecule has 0 aromatic rings. The van der Waals surface area contributed by atoms with Gasteiger partial charge in [0.15, 0.2) is 0 Å². The van der Waals surface area contributed by atoms with Gasteiger partial charge in [0.05, 0.1) is 6.54 Å². The summed E-state index contributed by atoms with van der Waals surface area (Å²) in [6.45, 7) is 3.57. The Kier molecular flexibility index (Phi) is 6.57. The molecule has 22 heavy (non-hydrogen) atoms. The number of amides is 1. The van der Waals surface area contributed by atoms with Gasteiger partial charge in [-0.25, -0.2) is 0 Å². The van der Waals surface area contributed by atoms with E-state index >= 15 is 0 Å². The second-order valence-corrected chi connectivity index (χ2v) is 7.47. The molecule has 1 heterocycles. The van der Waals surface area contributed by atoms with Crippen molar-refractivity contribution in [3.8, 4) is 0 Å². The third kappa shape index (κ3) is 5.81. The van der Waals surface area contributed by atoms with Gasteiger partial charge in [0, 0.05) is 52.5 Å². The highest BCUT2D eigenvalue weighted by Crippen LogP contribution is 2.21. The Morgan fingerprint density at radius 3 is 2.50 bits per heavy atom. The number of ether oxygens (including phenoxy) is 1. The van der Waals surface area contributed by atoms with Crippen LogP contribution >= 0.6 is 0 Å². The fourth-order valence-corrected chi connectivity index (χ4v) is 3.77. The Hall–Kier alpha value is -0.740. The van der Waals surface area contributed by atoms with Crippen LogP contribution in [0.3, 0.4) is 0 Å². The smallest absolute Gasteiger partial charge is 0.279 e. The summed E-state index contributed by atoms with van der Waals surface area (Å²) in [5, 5.41) is 2.84. The van der Waals surface area contributed by atoms with Crippen LogP contribution in [-0.2, 0) is 19.7 Å². The van der Waals surface area contributed by atoms with Crippen molar-refractivity contribution in [3.63, 3.8) is 0 Å². The van der Waals surface area contributed by atoms with Crippen LogP contribution < -0.4 is 10.0 Å². The molecule has 1 saturated heterocycles. The van der Waals surface area contributed by atoms with Crippen LogP contribution in [0.15, 0.2) is 0 Å². The first kappa shape index (κ1) is 17.6. The largest absolute Gasteiger partial charge is 0.385 e. The number of hydrogen-bond acceptors (Lipinski definition) is 5. The number of nitrogens with one attached hydrogen (secondary N) is 2. The molecule has 2 aliphatic rings. The monoisotopic (exact) mass is 334 g/mol. The Labute approximate surface area is 132 Å². The van der Waals surface area contributed by atoms with Gasteiger partial charge in [-0.15, -0.1) is 0 Å². The van der Waals surface area contributed by atoms with Crippen LogP contribution in [0.5, 0.6) is 0 Å². The van der Waals surface area contributed by atoms with Gasteiger partial charge >= 0.3 is 0 Å². The molecule has 0 aromatic heterocycles. The van der Waals surface area contributed by atoms with E-state index < -0.39 is 10.2 Å². The van der Waals surface area contributed by atoms with Crippen LogP contribution in [0, 0.1) is 0 Å². The Morgan fingerprint density at radius 2 is 1.91 bits per heavy atom. The third-order valence-electron chi connectivity index (χ3n) is 3.78. The molecule has 2 fully saturated rings. The lowest BCUT2D eigenvalue weighted by molar-refractivity contribution is -0.122. The summed E-state index contributed by atoms with van der Waals surface area (Å²) in [5.41, 5.74) is 0. The fourth-order valence-electron chi connectivity index (χ4n) is 2.32. The van der Waals surface area contributed by atoms with Gasteiger partial charge in [-0.3, -0.25) is 9.69 Å². The van der Waals surface area contributed by atoms with E-state index in [9.17, 15) is 13.2 Å². The van der Waals surface area contributed by atoms with Gasteiger partial charge in [0.2, 0.25) is 5.91 Å². The van der Waals surface area contributed by atoms with Gasteiger partial charge in [0.25, 0.3) is 10.2 Å². The highest BCUT2D eigenvalue weighted by atomic mass is 32.2. The number of methoxy groups -OCH3 is 1. The maximum Gasteiger partial charge on any atom is 0.279 e. The molecule has 128 valence electrons. The average molecular weight is 334 g/mol. The average Bonchev–Trinajstić information content (AvgIpc) is 3.27. The second kappa shape index (κ2) is 8.21. The maximum atomic E-state index is 12.1. The minimum Gasteiger partial charge on any atom is -0.385 e. The van der Waals surface area contributed by atoms with Crippen molar-refractivity contribution in [2.45, 2.75) is 25.3 Å². The fraction of sp³-hybridized carbons (Fsp3) is 0.923. The minimum atomic E-state index is -3.35. The Bertz CT molecular complexity index is 459. The highest BCUT2D eigenvalue weighted by molar-refractivity contribution is 7.87. The lowest BCUT2D eigenvalue weighted by atomic mass is 10.3. The summed E-state index contributed by atoms with van der Waals surface area (Å²) in [6, 6.07) is 0.126. The zero-order chi connectivity index (χ0) is 16.0. The van der Waals surface area contributed by atoms with Crippen molar-refractivity contribution < 1.29 is 17.9 Å². The van der Waals surface area contributed by atoms with E-state index in [2.05, 4.69) is 10.0 Å². The number of hydrogen-bond donors (Lipinski definition) is 2. The van der Waals surface area contributed by atoms with Crippen molar-refractivity contribution in [1.29, 1.82) is 0 Å². The SMILES string of the molecule is COCCCNC(=O)CN1CCN(S(=O)(=O)NC2CC2)CC1. The molecule has 0 bridgehead atoms. The molecule has 0 unspecified atom stereocenters. The van der Waals surface area contributed by atoms with Crippen molar-refractivity contribution >= 4 is 16.1 Å². The van der Waals surface area contributed by atoms with Gasteiger partial charge in [0.1, 0.15) is 0 Å². The first-order valence-corrected chi connectivity index (χ1v) is 9.20. The molecule has 2 rings (SSSR count). The van der Waals surface area contributed by atoms with Gasteiger partial charge in [-0.05, 0) is 19.3 Å². The first-order chi connectivity index (χ1) is 10.5. The summed E-state index contributed by atoms with van der Waals surface area (Å²) in [5.74, 6) is -0.0245. The van der Waals surface area contributed by atoms with Gasteiger partial charge in [-0.1, -0.05) is 0 Å². The molecule has 8 nitrogen and oxygen atoms in total. The van der Waals surface area contributed by atoms with Crippen LogP contribution in [0.25, 0.3) is 0 Å². The van der Waals surface area contributed by atoms with Gasteiger partial charge < -0.3 is 10.1 Å². The van der Waals surface area contributed by atoms with Crippen molar-refractivity contribution in [2.24, 2.45) is 0 Å². The van der Waals surface area contributed by atoms with Crippen molar-refractivity contribution in [3.05, 3.63) is 0 Å². The third-order valence-corrected chi connectivity index (χ3v) is 5.45. The van der Waals surface area contributed by atoms with Crippen molar-refractivity contribution in [1.82, 2.24) is 19.2 Å². The predicted octanol–water partition coefficient (Wildman–Crippen LogP) is -1.25. The van der Waals surface area contributed by atoms with Crippen LogP contribution in [0.2, 0.25) is 0 Å². The van der Waals surface area contributed by atoms with Gasteiger partial charge in [-0.2, -0.15) is 17.4 Å². The number of carbonyl (C=O) groups excluding carboxylic acids is 1. The standard InChI is InChI=1S/C13H26N4O4S/c1-21-10-2-5-14-13(18)11-16-6-8-17(9-7-16)22(19,20)15-12-3-4-12/h12,15H,2-11H2,1H3,(H,14,18). The van der Waals surface area contributed by atoms with E-state index in [0.29, 0.717) is 45.9 Å². The molecule has 1 aliphatic heterocycles. The quantitative estimate of drug-likeness (QED) is 0.514. The maximum absolute atomic E-state index is 12.1. The van der Waals surface area contributed by atoms with Crippen LogP contribution in [0.1, 0.15) is 19.3 Å². The predicted molar refractivity (Wildman–Crippen MR) is 82.6 cm³/mol. The zero-order valence-corrected chi connectivity index (χ0v) is 13.9. The van der Waals surface area contributed by atoms with Crippen LogP contribution in [-0.4, -0.2) is 82.6 Å². The van der Waals surface area contributed by atoms with E-state index in [1.807, 2.05) is 4.90 Å². The number of nitrogens with zero attached hydrogens (tertiary/aromatic N) is 2. The molecule has 9 heteroatoms. The lowest BCUT2D eigenvalue weighted by Crippen LogP contribution is -2.53. The molecule has 1 saturated carbocycles. The van der Waals surface area contributed by atoms with E-state index in [1.165, 1.54) is 4.31 Å². The Balaban J connectivity index is 1.65. The summed E-state index contributed by atoms with van der Waals surface area (Å²) in [4.78, 5) is 13.7. The number of piperazine rings is 1. The molecule has 2 N–H and O–H groups in total. The molecular formula is C13H26N4O4S. The number of carbonyl (C=O) groups is 1. The summed E-state index contributed by atoms with van der Waals surface area (Å²) in [7, 11) is -1.72. The first-order valence-electron chi connectivity index (χ1n) is 7.76. The summed E-state index contributed by atoms with van der Waals surface area (Å²) >= 11 is 0. The summed E-state index contributed by atoms with van der Waals surface area (Å²) < 4.78 is 33.2. The van der Waals surface area contributed by atoms with E-state index in [-0.39, 0.29) is 11.9 Å². The van der Waals surface area contributed by atoms with E-state index in [1.54, 1.807) is 7.11 Å². The molecule has 0 spiro atoms. The van der Waals surface area contributed by atoms with E-state index in [0.717, 1.165) is 19.3 Å². The van der Waals surface area contributed by atoms with Crippen LogP contribution in [0.4, 0.5) is 0 Å². The minimum absolute atomic E-state index is 0.0245. The molecule has 0 aromatic carbocycles. The Morgan fingerprint density at radius 1 is 1.23 bits per heavy atom. The lowest BCUT2D eigenvalue weighted by Gasteiger charge is -2.33. The normalized spacial score (nSPS) is 21.0. The molecule has 0 radical (unpaired) electrons. The zero-order valence-electron chi connectivity index (χ0n) is 13.1. The molecular weight excluding hydrogens is 308 g/mol.